The van der Waals surface area contributed by atoms with Crippen LogP contribution in [-0.4, -0.2) is 47.9 Å². The predicted octanol–water partition coefficient (Wildman–Crippen LogP) is 3.89. The maximum Gasteiger partial charge on any atom is 0.205 e. The van der Waals surface area contributed by atoms with E-state index in [9.17, 15) is 8.78 Å². The van der Waals surface area contributed by atoms with Gasteiger partial charge < -0.3 is 10.1 Å². The third kappa shape index (κ3) is 5.35. The van der Waals surface area contributed by atoms with Crippen LogP contribution in [0.2, 0.25) is 0 Å². The summed E-state index contributed by atoms with van der Waals surface area (Å²) in [7, 11) is 0. The fourth-order valence-electron chi connectivity index (χ4n) is 3.39. The van der Waals surface area contributed by atoms with Crippen LogP contribution in [0, 0.1) is 11.6 Å². The lowest BCUT2D eigenvalue weighted by Crippen LogP contribution is -2.41. The molecule has 8 heteroatoms. The van der Waals surface area contributed by atoms with Crippen LogP contribution < -0.4 is 5.32 Å². The predicted molar refractivity (Wildman–Crippen MR) is 109 cm³/mol. The number of hydrogen-bond donors (Lipinski definition) is 1. The van der Waals surface area contributed by atoms with Crippen LogP contribution in [0.3, 0.4) is 0 Å². The summed E-state index contributed by atoms with van der Waals surface area (Å²) in [5.41, 5.74) is 2.04. The van der Waals surface area contributed by atoms with E-state index in [0.29, 0.717) is 26.2 Å². The number of nitrogens with one attached hydrogen (secondary N) is 1. The number of aromatic nitrogens is 2. The number of ether oxygens (including phenoxy) is 1. The zero-order valence-electron chi connectivity index (χ0n) is 15.9. The number of hydrogen-bond acceptors (Lipinski definition) is 6. The molecule has 152 valence electrons. The van der Waals surface area contributed by atoms with Crippen LogP contribution in [-0.2, 0) is 11.2 Å². The first-order valence-electron chi connectivity index (χ1n) is 9.55. The van der Waals surface area contributed by atoms with Crippen molar-refractivity contribution in [3.8, 4) is 0 Å². The normalized spacial score (nSPS) is 15.9. The fraction of sp³-hybridized carbons (Fsp3) is 0.333. The molecule has 5 nitrogen and oxygen atoms in total. The summed E-state index contributed by atoms with van der Waals surface area (Å²) in [6, 6.07) is 13.1. The van der Waals surface area contributed by atoms with Gasteiger partial charge in [-0.05, 0) is 35.4 Å². The van der Waals surface area contributed by atoms with Crippen LogP contribution in [0.5, 0.6) is 0 Å². The molecule has 4 rings (SSSR count). The third-order valence-electron chi connectivity index (χ3n) is 4.92. The Morgan fingerprint density at radius 1 is 0.966 bits per heavy atom. The standard InChI is InChI=1S/C21H22F2N4OS/c22-17-5-1-15(2-6-17)13-20-25-26-21(29-20)24-14-19(27-9-11-28-12-10-27)16-3-7-18(23)8-4-16/h1-8,19H,9-14H2,(H,24,26). The Labute approximate surface area is 172 Å². The van der Waals surface area contributed by atoms with Crippen molar-refractivity contribution in [2.24, 2.45) is 0 Å². The molecule has 1 unspecified atom stereocenters. The average Bonchev–Trinajstić information content (AvgIpc) is 3.19. The summed E-state index contributed by atoms with van der Waals surface area (Å²) in [5, 5.41) is 13.5. The van der Waals surface area contributed by atoms with E-state index < -0.39 is 0 Å². The molecule has 0 bridgehead atoms. The van der Waals surface area contributed by atoms with E-state index in [4.69, 9.17) is 4.74 Å². The summed E-state index contributed by atoms with van der Waals surface area (Å²) in [4.78, 5) is 2.34. The van der Waals surface area contributed by atoms with Crippen LogP contribution in [0.1, 0.15) is 22.2 Å². The molecule has 1 N–H and O–H groups in total. The monoisotopic (exact) mass is 416 g/mol. The molecule has 1 saturated heterocycles. The second-order valence-electron chi connectivity index (χ2n) is 6.90. The van der Waals surface area contributed by atoms with Gasteiger partial charge in [0, 0.05) is 26.1 Å². The molecule has 1 aliphatic heterocycles. The molecule has 1 atom stereocenters. The second-order valence-corrected chi connectivity index (χ2v) is 7.96. The summed E-state index contributed by atoms with van der Waals surface area (Å²) in [5.74, 6) is -0.486. The molecule has 1 aromatic heterocycles. The van der Waals surface area contributed by atoms with Gasteiger partial charge in [-0.25, -0.2) is 8.78 Å². The molecule has 0 radical (unpaired) electrons. The first-order chi connectivity index (χ1) is 14.2. The molecule has 3 aromatic rings. The minimum Gasteiger partial charge on any atom is -0.379 e. The maximum absolute atomic E-state index is 13.4. The third-order valence-corrected chi connectivity index (χ3v) is 5.80. The highest BCUT2D eigenvalue weighted by Crippen LogP contribution is 2.25. The Morgan fingerprint density at radius 2 is 1.62 bits per heavy atom. The van der Waals surface area contributed by atoms with Gasteiger partial charge in [-0.2, -0.15) is 0 Å². The lowest BCUT2D eigenvalue weighted by Gasteiger charge is -2.34. The molecular weight excluding hydrogens is 394 g/mol. The van der Waals surface area contributed by atoms with E-state index in [-0.39, 0.29) is 17.7 Å². The van der Waals surface area contributed by atoms with Crippen molar-refractivity contribution in [3.63, 3.8) is 0 Å². The van der Waals surface area contributed by atoms with Gasteiger partial charge in [0.2, 0.25) is 5.13 Å². The van der Waals surface area contributed by atoms with Gasteiger partial charge in [-0.15, -0.1) is 10.2 Å². The van der Waals surface area contributed by atoms with Gasteiger partial charge in [0.25, 0.3) is 0 Å². The Hall–Kier alpha value is -2.42. The van der Waals surface area contributed by atoms with Gasteiger partial charge >= 0.3 is 0 Å². The number of morpholine rings is 1. The Bertz CT molecular complexity index is 911. The molecule has 2 aromatic carbocycles. The number of halogens is 2. The van der Waals surface area contributed by atoms with E-state index in [2.05, 4.69) is 20.4 Å². The topological polar surface area (TPSA) is 50.3 Å². The van der Waals surface area contributed by atoms with Crippen molar-refractivity contribution in [3.05, 3.63) is 76.3 Å². The second kappa shape index (κ2) is 9.39. The molecule has 0 spiro atoms. The zero-order chi connectivity index (χ0) is 20.1. The van der Waals surface area contributed by atoms with E-state index in [1.165, 1.54) is 35.6 Å². The van der Waals surface area contributed by atoms with Crippen molar-refractivity contribution >= 4 is 16.5 Å². The van der Waals surface area contributed by atoms with Crippen LogP contribution in [0.15, 0.2) is 48.5 Å². The number of rotatable bonds is 7. The van der Waals surface area contributed by atoms with Crippen molar-refractivity contribution in [2.45, 2.75) is 12.5 Å². The summed E-state index contributed by atoms with van der Waals surface area (Å²) in [6.45, 7) is 3.68. The molecule has 29 heavy (non-hydrogen) atoms. The zero-order valence-corrected chi connectivity index (χ0v) is 16.7. The largest absolute Gasteiger partial charge is 0.379 e. The maximum atomic E-state index is 13.4. The molecule has 0 saturated carbocycles. The first kappa shape index (κ1) is 19.9. The average molecular weight is 416 g/mol. The van der Waals surface area contributed by atoms with Crippen molar-refractivity contribution in [1.82, 2.24) is 15.1 Å². The van der Waals surface area contributed by atoms with E-state index in [1.54, 1.807) is 12.1 Å². The van der Waals surface area contributed by atoms with Crippen LogP contribution in [0.4, 0.5) is 13.9 Å². The summed E-state index contributed by atoms with van der Waals surface area (Å²) >= 11 is 1.49. The minimum absolute atomic E-state index is 0.0870. The van der Waals surface area contributed by atoms with E-state index in [1.807, 2.05) is 12.1 Å². The lowest BCUT2D eigenvalue weighted by molar-refractivity contribution is 0.0187. The molecule has 0 amide bonds. The van der Waals surface area contributed by atoms with E-state index in [0.717, 1.165) is 34.4 Å². The van der Waals surface area contributed by atoms with Crippen molar-refractivity contribution in [1.29, 1.82) is 0 Å². The lowest BCUT2D eigenvalue weighted by atomic mass is 10.0. The smallest absolute Gasteiger partial charge is 0.205 e. The Morgan fingerprint density at radius 3 is 2.31 bits per heavy atom. The number of benzene rings is 2. The highest BCUT2D eigenvalue weighted by molar-refractivity contribution is 7.15. The van der Waals surface area contributed by atoms with E-state index >= 15 is 0 Å². The summed E-state index contributed by atoms with van der Waals surface area (Å²) in [6.07, 6.45) is 0.616. The Balaban J connectivity index is 1.42. The van der Waals surface area contributed by atoms with Gasteiger partial charge in [0.1, 0.15) is 16.6 Å². The highest BCUT2D eigenvalue weighted by Gasteiger charge is 2.23. The molecular formula is C21H22F2N4OS. The van der Waals surface area contributed by atoms with Crippen molar-refractivity contribution in [2.75, 3.05) is 38.2 Å². The Kier molecular flexibility index (Phi) is 6.43. The van der Waals surface area contributed by atoms with Crippen LogP contribution >= 0.6 is 11.3 Å². The minimum atomic E-state index is -0.247. The molecule has 0 aliphatic carbocycles. The van der Waals surface area contributed by atoms with Gasteiger partial charge in [-0.3, -0.25) is 4.90 Å². The first-order valence-corrected chi connectivity index (χ1v) is 10.4. The van der Waals surface area contributed by atoms with Gasteiger partial charge in [-0.1, -0.05) is 35.6 Å². The molecule has 2 heterocycles. The number of anilines is 1. The van der Waals surface area contributed by atoms with Gasteiger partial charge in [0.15, 0.2) is 0 Å². The van der Waals surface area contributed by atoms with Crippen LogP contribution in [0.25, 0.3) is 0 Å². The molecule has 1 fully saturated rings. The number of nitrogens with zero attached hydrogens (tertiary/aromatic N) is 3. The van der Waals surface area contributed by atoms with Gasteiger partial charge in [0.05, 0.1) is 19.3 Å². The van der Waals surface area contributed by atoms with Crippen molar-refractivity contribution < 1.29 is 13.5 Å². The quantitative estimate of drug-likeness (QED) is 0.633. The fourth-order valence-corrected chi connectivity index (χ4v) is 4.17. The summed E-state index contributed by atoms with van der Waals surface area (Å²) < 4.78 is 31.9. The molecule has 1 aliphatic rings. The highest BCUT2D eigenvalue weighted by atomic mass is 32.1. The SMILES string of the molecule is Fc1ccc(Cc2nnc(NCC(c3ccc(F)cc3)N3CCOCC3)s2)cc1.